The van der Waals surface area contributed by atoms with Crippen LogP contribution in [0.2, 0.25) is 0 Å². The molecular weight excluding hydrogens is 220 g/mol. The van der Waals surface area contributed by atoms with Crippen molar-refractivity contribution >= 4 is 0 Å². The van der Waals surface area contributed by atoms with Gasteiger partial charge < -0.3 is 5.32 Å². The second-order valence-corrected chi connectivity index (χ2v) is 5.20. The van der Waals surface area contributed by atoms with Gasteiger partial charge in [0.1, 0.15) is 0 Å². The number of hydrogen-bond acceptors (Lipinski definition) is 2. The van der Waals surface area contributed by atoms with Crippen LogP contribution in [0.3, 0.4) is 0 Å². The molecule has 0 aromatic rings. The van der Waals surface area contributed by atoms with E-state index in [4.69, 9.17) is 0 Å². The van der Waals surface area contributed by atoms with E-state index in [0.29, 0.717) is 6.17 Å². The Morgan fingerprint density at radius 1 is 0.778 bits per heavy atom. The second-order valence-electron chi connectivity index (χ2n) is 5.20. The van der Waals surface area contributed by atoms with Crippen molar-refractivity contribution in [3.05, 3.63) is 0 Å². The van der Waals surface area contributed by atoms with Gasteiger partial charge >= 0.3 is 0 Å². The van der Waals surface area contributed by atoms with E-state index < -0.39 is 0 Å². The molecular formula is C16H36N2. The number of nitrogens with zero attached hydrogens (tertiary/aromatic N) is 1. The molecule has 0 saturated carbocycles. The zero-order chi connectivity index (χ0) is 13.6. The first kappa shape index (κ1) is 17.9. The molecule has 18 heavy (non-hydrogen) atoms. The van der Waals surface area contributed by atoms with E-state index >= 15 is 0 Å². The van der Waals surface area contributed by atoms with Crippen molar-refractivity contribution < 1.29 is 0 Å². The molecule has 0 heterocycles. The van der Waals surface area contributed by atoms with Gasteiger partial charge in [0, 0.05) is 0 Å². The van der Waals surface area contributed by atoms with Gasteiger partial charge in [0.2, 0.25) is 0 Å². The maximum Gasteiger partial charge on any atom is 0.0596 e. The molecule has 0 saturated heterocycles. The van der Waals surface area contributed by atoms with Gasteiger partial charge in [-0.3, -0.25) is 4.90 Å². The van der Waals surface area contributed by atoms with Crippen LogP contribution in [-0.2, 0) is 0 Å². The Bertz CT molecular complexity index is 155. The SMILES string of the molecule is CCCCCCCCCC(NCC)N(CC)CC. The van der Waals surface area contributed by atoms with Gasteiger partial charge in [0.15, 0.2) is 0 Å². The highest BCUT2D eigenvalue weighted by molar-refractivity contribution is 4.67. The number of unbranched alkanes of at least 4 members (excludes halogenated alkanes) is 6. The van der Waals surface area contributed by atoms with Gasteiger partial charge in [-0.15, -0.1) is 0 Å². The lowest BCUT2D eigenvalue weighted by Crippen LogP contribution is -2.45. The smallest absolute Gasteiger partial charge is 0.0596 e. The van der Waals surface area contributed by atoms with Crippen LogP contribution >= 0.6 is 0 Å². The summed E-state index contributed by atoms with van der Waals surface area (Å²) >= 11 is 0. The molecule has 1 N–H and O–H groups in total. The van der Waals surface area contributed by atoms with Crippen LogP contribution in [-0.4, -0.2) is 30.7 Å². The lowest BCUT2D eigenvalue weighted by atomic mass is 10.1. The molecule has 0 aliphatic carbocycles. The van der Waals surface area contributed by atoms with Gasteiger partial charge in [0.05, 0.1) is 6.17 Å². The van der Waals surface area contributed by atoms with Crippen molar-refractivity contribution in [2.45, 2.75) is 85.2 Å². The number of hydrogen-bond donors (Lipinski definition) is 1. The Labute approximate surface area is 116 Å². The molecule has 110 valence electrons. The van der Waals surface area contributed by atoms with Crippen LogP contribution in [0.25, 0.3) is 0 Å². The van der Waals surface area contributed by atoms with Gasteiger partial charge in [-0.2, -0.15) is 0 Å². The maximum absolute atomic E-state index is 3.62. The molecule has 0 aliphatic rings. The van der Waals surface area contributed by atoms with Gasteiger partial charge in [0.25, 0.3) is 0 Å². The number of rotatable bonds is 13. The summed E-state index contributed by atoms with van der Waals surface area (Å²) in [5.74, 6) is 0. The van der Waals surface area contributed by atoms with Crippen molar-refractivity contribution in [1.29, 1.82) is 0 Å². The molecule has 0 aromatic heterocycles. The quantitative estimate of drug-likeness (QED) is 0.388. The van der Waals surface area contributed by atoms with Crippen LogP contribution in [0, 0.1) is 0 Å². The summed E-state index contributed by atoms with van der Waals surface area (Å²) in [5, 5.41) is 3.62. The molecule has 1 atom stereocenters. The summed E-state index contributed by atoms with van der Waals surface area (Å²) in [6, 6.07) is 0. The summed E-state index contributed by atoms with van der Waals surface area (Å²) in [4.78, 5) is 2.54. The normalized spacial score (nSPS) is 13.2. The molecule has 1 unspecified atom stereocenters. The molecule has 2 nitrogen and oxygen atoms in total. The average molecular weight is 256 g/mol. The lowest BCUT2D eigenvalue weighted by Gasteiger charge is -2.30. The van der Waals surface area contributed by atoms with Crippen molar-refractivity contribution in [2.75, 3.05) is 19.6 Å². The molecule has 0 radical (unpaired) electrons. The fraction of sp³-hybridized carbons (Fsp3) is 1.00. The molecule has 0 aliphatic heterocycles. The van der Waals surface area contributed by atoms with Crippen molar-refractivity contribution in [3.8, 4) is 0 Å². The molecule has 0 bridgehead atoms. The van der Waals surface area contributed by atoms with Crippen molar-refractivity contribution in [3.63, 3.8) is 0 Å². The van der Waals surface area contributed by atoms with Crippen molar-refractivity contribution in [2.24, 2.45) is 0 Å². The third-order valence-electron chi connectivity index (χ3n) is 3.77. The van der Waals surface area contributed by atoms with E-state index in [0.717, 1.165) is 19.6 Å². The third-order valence-corrected chi connectivity index (χ3v) is 3.77. The molecule has 0 rings (SSSR count). The van der Waals surface area contributed by atoms with Gasteiger partial charge in [-0.1, -0.05) is 72.6 Å². The van der Waals surface area contributed by atoms with Crippen LogP contribution in [0.5, 0.6) is 0 Å². The summed E-state index contributed by atoms with van der Waals surface area (Å²) in [5.41, 5.74) is 0. The van der Waals surface area contributed by atoms with Crippen LogP contribution < -0.4 is 5.32 Å². The molecule has 0 fully saturated rings. The van der Waals surface area contributed by atoms with E-state index in [2.05, 4.69) is 37.9 Å². The minimum Gasteiger partial charge on any atom is -0.302 e. The minimum atomic E-state index is 0.598. The van der Waals surface area contributed by atoms with E-state index in [1.54, 1.807) is 0 Å². The fourth-order valence-corrected chi connectivity index (χ4v) is 2.61. The average Bonchev–Trinajstić information content (AvgIpc) is 2.39. The lowest BCUT2D eigenvalue weighted by molar-refractivity contribution is 0.170. The highest BCUT2D eigenvalue weighted by atomic mass is 15.3. The van der Waals surface area contributed by atoms with E-state index in [1.165, 1.54) is 51.4 Å². The summed E-state index contributed by atoms with van der Waals surface area (Å²) in [6.07, 6.45) is 11.8. The highest BCUT2D eigenvalue weighted by Crippen LogP contribution is 2.11. The van der Waals surface area contributed by atoms with Gasteiger partial charge in [-0.05, 0) is 26.1 Å². The Kier molecular flexibility index (Phi) is 13.3. The molecule has 0 amide bonds. The fourth-order valence-electron chi connectivity index (χ4n) is 2.61. The van der Waals surface area contributed by atoms with Crippen LogP contribution in [0.4, 0.5) is 0 Å². The predicted octanol–water partition coefficient (Wildman–Crippen LogP) is 4.40. The zero-order valence-corrected chi connectivity index (χ0v) is 13.3. The van der Waals surface area contributed by atoms with E-state index in [1.807, 2.05) is 0 Å². The topological polar surface area (TPSA) is 15.3 Å². The maximum atomic E-state index is 3.62. The van der Waals surface area contributed by atoms with Crippen molar-refractivity contribution in [1.82, 2.24) is 10.2 Å². The summed E-state index contributed by atoms with van der Waals surface area (Å²) < 4.78 is 0. The number of nitrogens with one attached hydrogen (secondary N) is 1. The monoisotopic (exact) mass is 256 g/mol. The largest absolute Gasteiger partial charge is 0.302 e. The zero-order valence-electron chi connectivity index (χ0n) is 13.3. The summed E-state index contributed by atoms with van der Waals surface area (Å²) in [6.45, 7) is 12.4. The molecule has 0 aromatic carbocycles. The first-order chi connectivity index (χ1) is 8.79. The Balaban J connectivity index is 3.63. The Morgan fingerprint density at radius 2 is 1.33 bits per heavy atom. The standard InChI is InChI=1S/C16H36N2/c1-5-9-10-11-12-13-14-15-16(17-6-2)18(7-3)8-4/h16-17H,5-15H2,1-4H3. The molecule has 2 heteroatoms. The third kappa shape index (κ3) is 8.93. The second kappa shape index (κ2) is 13.4. The first-order valence-corrected chi connectivity index (χ1v) is 8.27. The molecule has 0 spiro atoms. The van der Waals surface area contributed by atoms with E-state index in [9.17, 15) is 0 Å². The van der Waals surface area contributed by atoms with Crippen LogP contribution in [0.1, 0.15) is 79.1 Å². The van der Waals surface area contributed by atoms with Crippen LogP contribution in [0.15, 0.2) is 0 Å². The Hall–Kier alpha value is -0.0800. The summed E-state index contributed by atoms with van der Waals surface area (Å²) in [7, 11) is 0. The highest BCUT2D eigenvalue weighted by Gasteiger charge is 2.13. The minimum absolute atomic E-state index is 0.598. The predicted molar refractivity (Wildman–Crippen MR) is 83.0 cm³/mol. The van der Waals surface area contributed by atoms with Gasteiger partial charge in [-0.25, -0.2) is 0 Å². The van der Waals surface area contributed by atoms with E-state index in [-0.39, 0.29) is 0 Å². The Morgan fingerprint density at radius 3 is 1.83 bits per heavy atom. The first-order valence-electron chi connectivity index (χ1n) is 8.27.